The van der Waals surface area contributed by atoms with Crippen molar-refractivity contribution in [1.82, 2.24) is 10.2 Å². The van der Waals surface area contributed by atoms with Crippen molar-refractivity contribution in [3.05, 3.63) is 80.2 Å². The van der Waals surface area contributed by atoms with E-state index >= 15 is 0 Å². The van der Waals surface area contributed by atoms with E-state index in [2.05, 4.69) is 21.2 Å². The molecule has 0 bridgehead atoms. The molecule has 3 aromatic rings. The number of halogens is 3. The molecule has 1 atom stereocenters. The van der Waals surface area contributed by atoms with Crippen LogP contribution in [0, 0.1) is 0 Å². The largest absolute Gasteiger partial charge is 0.493 e. The van der Waals surface area contributed by atoms with Gasteiger partial charge in [-0.3, -0.25) is 9.59 Å². The molecule has 3 rings (SSSR count). The second-order valence-electron chi connectivity index (χ2n) is 8.11. The molecule has 7 nitrogen and oxygen atoms in total. The summed E-state index contributed by atoms with van der Waals surface area (Å²) in [5.41, 5.74) is 1.53. The molecule has 1 unspecified atom stereocenters. The fourth-order valence-electron chi connectivity index (χ4n) is 3.70. The van der Waals surface area contributed by atoms with Crippen LogP contribution in [0.3, 0.4) is 0 Å². The Hall–Kier alpha value is -2.94. The van der Waals surface area contributed by atoms with E-state index in [0.717, 1.165) is 15.6 Å². The van der Waals surface area contributed by atoms with Gasteiger partial charge in [0.2, 0.25) is 0 Å². The van der Waals surface area contributed by atoms with Gasteiger partial charge in [-0.1, -0.05) is 64.3 Å². The second-order valence-corrected chi connectivity index (χ2v) is 9.78. The van der Waals surface area contributed by atoms with Crippen molar-refractivity contribution in [2.45, 2.75) is 25.9 Å². The van der Waals surface area contributed by atoms with Gasteiger partial charge >= 0.3 is 11.8 Å². The molecule has 37 heavy (non-hydrogen) atoms. The molecule has 1 N–H and O–H groups in total. The van der Waals surface area contributed by atoms with Gasteiger partial charge in [-0.25, -0.2) is 0 Å². The highest BCUT2D eigenvalue weighted by atomic mass is 79.9. The lowest BCUT2D eigenvalue weighted by molar-refractivity contribution is -0.145. The monoisotopic (exact) mass is 608 g/mol. The van der Waals surface area contributed by atoms with E-state index in [1.807, 2.05) is 25.1 Å². The third kappa shape index (κ3) is 7.09. The van der Waals surface area contributed by atoms with Crippen LogP contribution in [-0.2, 0) is 16.1 Å². The molecule has 0 heterocycles. The van der Waals surface area contributed by atoms with Gasteiger partial charge < -0.3 is 24.4 Å². The van der Waals surface area contributed by atoms with Gasteiger partial charge in [0.15, 0.2) is 11.5 Å². The zero-order chi connectivity index (χ0) is 27.1. The van der Waals surface area contributed by atoms with Gasteiger partial charge in [0.05, 0.1) is 30.3 Å². The topological polar surface area (TPSA) is 77.1 Å². The molecular weight excluding hydrogens is 583 g/mol. The highest BCUT2D eigenvalue weighted by Gasteiger charge is 2.25. The molecule has 0 aliphatic rings. The molecule has 0 aliphatic heterocycles. The molecule has 0 radical (unpaired) electrons. The predicted molar refractivity (Wildman–Crippen MR) is 148 cm³/mol. The summed E-state index contributed by atoms with van der Waals surface area (Å²) in [5.74, 6) is 0.797. The first kappa shape index (κ1) is 28.6. The van der Waals surface area contributed by atoms with Crippen molar-refractivity contribution in [2.24, 2.45) is 0 Å². The first-order chi connectivity index (χ1) is 17.7. The molecule has 10 heteroatoms. The maximum absolute atomic E-state index is 12.9. The highest BCUT2D eigenvalue weighted by Crippen LogP contribution is 2.36. The van der Waals surface area contributed by atoms with Gasteiger partial charge in [-0.05, 0) is 42.3 Å². The molecule has 0 fully saturated rings. The van der Waals surface area contributed by atoms with Crippen LogP contribution in [-0.4, -0.2) is 38.0 Å². The van der Waals surface area contributed by atoms with Crippen LogP contribution in [0.25, 0.3) is 0 Å². The minimum atomic E-state index is -0.713. The number of carbonyl (C=O) groups excluding carboxylic acids is 2. The number of hydrogen-bond acceptors (Lipinski definition) is 5. The van der Waals surface area contributed by atoms with E-state index < -0.39 is 17.9 Å². The quantitative estimate of drug-likeness (QED) is 0.270. The van der Waals surface area contributed by atoms with E-state index in [1.54, 1.807) is 50.6 Å². The number of likely N-dealkylation sites (N-methyl/N-ethyl adjacent to an activating group) is 1. The van der Waals surface area contributed by atoms with Crippen molar-refractivity contribution in [1.29, 1.82) is 0 Å². The Labute approximate surface area is 234 Å². The number of nitrogens with one attached hydrogen (secondary N) is 1. The van der Waals surface area contributed by atoms with Crippen molar-refractivity contribution in [2.75, 3.05) is 21.3 Å². The lowest BCUT2D eigenvalue weighted by Crippen LogP contribution is -2.42. The van der Waals surface area contributed by atoms with Gasteiger partial charge in [0, 0.05) is 29.7 Å². The first-order valence-corrected chi connectivity index (χ1v) is 12.9. The van der Waals surface area contributed by atoms with E-state index in [4.69, 9.17) is 37.4 Å². The summed E-state index contributed by atoms with van der Waals surface area (Å²) in [6, 6.07) is 15.3. The Balaban J connectivity index is 1.67. The molecule has 196 valence electrons. The van der Waals surface area contributed by atoms with E-state index in [0.29, 0.717) is 39.5 Å². The number of hydrogen-bond donors (Lipinski definition) is 1. The Morgan fingerprint density at radius 3 is 2.32 bits per heavy atom. The summed E-state index contributed by atoms with van der Waals surface area (Å²) in [5, 5.41) is 3.65. The fourth-order valence-corrected chi connectivity index (χ4v) is 4.47. The highest BCUT2D eigenvalue weighted by molar-refractivity contribution is 9.10. The molecule has 0 spiro atoms. The van der Waals surface area contributed by atoms with Crippen molar-refractivity contribution in [3.63, 3.8) is 0 Å². The number of para-hydroxylation sites is 1. The minimum absolute atomic E-state index is 0.208. The Morgan fingerprint density at radius 1 is 1.00 bits per heavy atom. The molecular formula is C27H27BrCl2N2O5. The van der Waals surface area contributed by atoms with Crippen LogP contribution in [0.2, 0.25) is 10.0 Å². The van der Waals surface area contributed by atoms with Crippen LogP contribution in [0.5, 0.6) is 23.0 Å². The maximum atomic E-state index is 12.9. The summed E-state index contributed by atoms with van der Waals surface area (Å²) >= 11 is 15.5. The number of ether oxygens (including phenoxy) is 3. The Morgan fingerprint density at radius 2 is 1.70 bits per heavy atom. The van der Waals surface area contributed by atoms with Gasteiger partial charge in [0.25, 0.3) is 0 Å². The lowest BCUT2D eigenvalue weighted by atomic mass is 10.0. The number of amides is 2. The average Bonchev–Trinajstić information content (AvgIpc) is 2.89. The van der Waals surface area contributed by atoms with Crippen molar-refractivity contribution < 1.29 is 23.8 Å². The van der Waals surface area contributed by atoms with Crippen LogP contribution < -0.4 is 19.5 Å². The third-order valence-electron chi connectivity index (χ3n) is 5.62. The summed E-state index contributed by atoms with van der Waals surface area (Å²) in [6.07, 6.45) is 0.554. The summed E-state index contributed by atoms with van der Waals surface area (Å²) < 4.78 is 17.4. The molecule has 0 saturated carbocycles. The standard InChI is InChI=1S/C27H27BrCl2N2O5/c1-5-23(19-7-6-8-24(35-3)25(19)36-4)31-26(33)27(34)32(2)15-16-9-10-17(13-20(16)28)37-18-11-12-21(29)22(30)14-18/h6-14,23H,5,15H2,1-4H3,(H,31,33). The van der Waals surface area contributed by atoms with Crippen molar-refractivity contribution >= 4 is 50.9 Å². The van der Waals surface area contributed by atoms with Crippen LogP contribution in [0.4, 0.5) is 0 Å². The average molecular weight is 610 g/mol. The van der Waals surface area contributed by atoms with Crippen molar-refractivity contribution in [3.8, 4) is 23.0 Å². The predicted octanol–water partition coefficient (Wildman–Crippen LogP) is 6.79. The minimum Gasteiger partial charge on any atom is -0.493 e. The van der Waals surface area contributed by atoms with Gasteiger partial charge in [-0.2, -0.15) is 0 Å². The van der Waals surface area contributed by atoms with Gasteiger partial charge in [-0.15, -0.1) is 0 Å². The molecule has 3 aromatic carbocycles. The molecule has 0 saturated heterocycles. The number of carbonyl (C=O) groups is 2. The Bertz CT molecular complexity index is 1290. The zero-order valence-corrected chi connectivity index (χ0v) is 23.9. The van der Waals surface area contributed by atoms with E-state index in [9.17, 15) is 9.59 Å². The maximum Gasteiger partial charge on any atom is 0.311 e. The van der Waals surface area contributed by atoms with Crippen LogP contribution in [0.15, 0.2) is 59.1 Å². The normalized spacial score (nSPS) is 11.4. The number of rotatable bonds is 9. The van der Waals surface area contributed by atoms with Crippen LogP contribution >= 0.6 is 39.1 Å². The smallest absolute Gasteiger partial charge is 0.311 e. The first-order valence-electron chi connectivity index (χ1n) is 11.4. The molecule has 0 aromatic heterocycles. The fraction of sp³-hybridized carbons (Fsp3) is 0.259. The van der Waals surface area contributed by atoms with E-state index in [1.165, 1.54) is 12.0 Å². The number of nitrogens with zero attached hydrogens (tertiary/aromatic N) is 1. The molecule has 0 aliphatic carbocycles. The number of methoxy groups -OCH3 is 2. The van der Waals surface area contributed by atoms with E-state index in [-0.39, 0.29) is 6.54 Å². The lowest BCUT2D eigenvalue weighted by Gasteiger charge is -2.23. The van der Waals surface area contributed by atoms with Crippen LogP contribution in [0.1, 0.15) is 30.5 Å². The third-order valence-corrected chi connectivity index (χ3v) is 7.10. The second kappa shape index (κ2) is 13.0. The SMILES string of the molecule is CCC(NC(=O)C(=O)N(C)Cc1ccc(Oc2ccc(Cl)c(Cl)c2)cc1Br)c1cccc(OC)c1OC. The summed E-state index contributed by atoms with van der Waals surface area (Å²) in [7, 11) is 4.65. The number of benzene rings is 3. The summed E-state index contributed by atoms with van der Waals surface area (Å²) in [6.45, 7) is 2.12. The molecule has 2 amide bonds. The Kier molecular flexibility index (Phi) is 10.1. The summed E-state index contributed by atoms with van der Waals surface area (Å²) in [4.78, 5) is 27.1. The zero-order valence-electron chi connectivity index (χ0n) is 20.8. The van der Waals surface area contributed by atoms with Gasteiger partial charge in [0.1, 0.15) is 11.5 Å².